The molecule has 1 amide bonds. The van der Waals surface area contributed by atoms with Gasteiger partial charge in [0.05, 0.1) is 11.8 Å². The van der Waals surface area contributed by atoms with Gasteiger partial charge >= 0.3 is 0 Å². The largest absolute Gasteiger partial charge is 0.396 e. The smallest absolute Gasteiger partial charge is 0.255 e. The molecule has 0 radical (unpaired) electrons. The predicted molar refractivity (Wildman–Crippen MR) is 50.7 cm³/mol. The van der Waals surface area contributed by atoms with Crippen molar-refractivity contribution in [3.63, 3.8) is 0 Å². The van der Waals surface area contributed by atoms with Crippen LogP contribution in [0.1, 0.15) is 10.4 Å². The Bertz CT molecular complexity index is 377. The van der Waals surface area contributed by atoms with E-state index in [2.05, 4.69) is 4.98 Å². The molecule has 0 aliphatic carbocycles. The summed E-state index contributed by atoms with van der Waals surface area (Å²) in [5.41, 5.74) is 0.256. The van der Waals surface area contributed by atoms with Crippen molar-refractivity contribution in [3.8, 4) is 0 Å². The lowest BCUT2D eigenvalue weighted by atomic mass is 10.0. The highest BCUT2D eigenvalue weighted by atomic mass is 19.1. The number of aromatic nitrogens is 1. The number of hydrogen-bond acceptors (Lipinski definition) is 3. The second-order valence-corrected chi connectivity index (χ2v) is 3.65. The standard InChI is InChI=1S/C10H11FN2O2/c11-9-1-8(2-12-3-9)10(15)13-4-7(5-13)6-14/h1-3,7,14H,4-6H2. The van der Waals surface area contributed by atoms with Crippen LogP contribution in [0.5, 0.6) is 0 Å². The molecule has 0 atom stereocenters. The molecule has 4 nitrogen and oxygen atoms in total. The summed E-state index contributed by atoms with van der Waals surface area (Å²) in [5.74, 6) is -0.581. The van der Waals surface area contributed by atoms with E-state index in [1.807, 2.05) is 0 Å². The van der Waals surface area contributed by atoms with Crippen LogP contribution in [-0.4, -0.2) is 40.6 Å². The van der Waals surface area contributed by atoms with Gasteiger partial charge in [0.15, 0.2) is 0 Å². The van der Waals surface area contributed by atoms with Crippen molar-refractivity contribution in [2.75, 3.05) is 19.7 Å². The molecule has 2 heterocycles. The van der Waals surface area contributed by atoms with Gasteiger partial charge in [0.2, 0.25) is 0 Å². The summed E-state index contributed by atoms with van der Waals surface area (Å²) in [5, 5.41) is 8.79. The van der Waals surface area contributed by atoms with E-state index < -0.39 is 5.82 Å². The van der Waals surface area contributed by atoms with Crippen molar-refractivity contribution in [1.82, 2.24) is 9.88 Å². The highest BCUT2D eigenvalue weighted by Gasteiger charge is 2.30. The fourth-order valence-corrected chi connectivity index (χ4v) is 1.56. The molecule has 80 valence electrons. The topological polar surface area (TPSA) is 53.4 Å². The van der Waals surface area contributed by atoms with Crippen LogP contribution in [0.4, 0.5) is 4.39 Å². The zero-order chi connectivity index (χ0) is 10.8. The predicted octanol–water partition coefficient (Wildman–Crippen LogP) is 0.285. The van der Waals surface area contributed by atoms with Crippen molar-refractivity contribution in [2.24, 2.45) is 5.92 Å². The molecule has 1 aromatic heterocycles. The van der Waals surface area contributed by atoms with Crippen LogP contribution in [0.2, 0.25) is 0 Å². The maximum absolute atomic E-state index is 12.8. The molecule has 1 aliphatic rings. The second-order valence-electron chi connectivity index (χ2n) is 3.65. The number of likely N-dealkylation sites (tertiary alicyclic amines) is 1. The van der Waals surface area contributed by atoms with Crippen molar-refractivity contribution in [2.45, 2.75) is 0 Å². The third-order valence-electron chi connectivity index (χ3n) is 2.45. The average Bonchev–Trinajstić information content (AvgIpc) is 2.16. The molecule has 0 saturated carbocycles. The lowest BCUT2D eigenvalue weighted by Gasteiger charge is -2.38. The number of carbonyl (C=O) groups is 1. The van der Waals surface area contributed by atoms with Crippen LogP contribution in [0.25, 0.3) is 0 Å². The van der Waals surface area contributed by atoms with Gasteiger partial charge in [0.25, 0.3) is 5.91 Å². The molecule has 2 rings (SSSR count). The van der Waals surface area contributed by atoms with Gasteiger partial charge in [0, 0.05) is 31.8 Å². The quantitative estimate of drug-likeness (QED) is 0.763. The van der Waals surface area contributed by atoms with Gasteiger partial charge in [-0.3, -0.25) is 9.78 Å². The molecule has 1 aromatic rings. The SMILES string of the molecule is O=C(c1cncc(F)c1)N1CC(CO)C1. The molecular formula is C10H11FN2O2. The fourth-order valence-electron chi connectivity index (χ4n) is 1.56. The summed E-state index contributed by atoms with van der Waals surface area (Å²) >= 11 is 0. The first kappa shape index (κ1) is 10.0. The third-order valence-corrected chi connectivity index (χ3v) is 2.45. The number of pyridine rings is 1. The van der Waals surface area contributed by atoms with E-state index in [0.29, 0.717) is 13.1 Å². The molecule has 1 fully saturated rings. The van der Waals surface area contributed by atoms with Crippen LogP contribution in [0, 0.1) is 11.7 Å². The fraction of sp³-hybridized carbons (Fsp3) is 0.400. The molecule has 1 N–H and O–H groups in total. The van der Waals surface area contributed by atoms with E-state index in [0.717, 1.165) is 6.20 Å². The molecule has 1 aliphatic heterocycles. The average molecular weight is 210 g/mol. The van der Waals surface area contributed by atoms with E-state index in [1.165, 1.54) is 12.3 Å². The monoisotopic (exact) mass is 210 g/mol. The Morgan fingerprint density at radius 2 is 2.33 bits per heavy atom. The van der Waals surface area contributed by atoms with Crippen molar-refractivity contribution in [1.29, 1.82) is 0 Å². The lowest BCUT2D eigenvalue weighted by Crippen LogP contribution is -2.51. The van der Waals surface area contributed by atoms with Crippen LogP contribution in [-0.2, 0) is 0 Å². The number of halogens is 1. The molecule has 5 heteroatoms. The number of rotatable bonds is 2. The zero-order valence-electron chi connectivity index (χ0n) is 8.06. The van der Waals surface area contributed by atoms with Gasteiger partial charge < -0.3 is 10.0 Å². The molecule has 0 unspecified atom stereocenters. The Morgan fingerprint density at radius 3 is 2.93 bits per heavy atom. The molecular weight excluding hydrogens is 199 g/mol. The van der Waals surface area contributed by atoms with E-state index >= 15 is 0 Å². The summed E-state index contributed by atoms with van der Waals surface area (Å²) in [6, 6.07) is 1.17. The molecule has 0 bridgehead atoms. The molecule has 0 aromatic carbocycles. The minimum atomic E-state index is -0.514. The number of amides is 1. The Balaban J connectivity index is 2.03. The highest BCUT2D eigenvalue weighted by molar-refractivity contribution is 5.94. The number of carbonyl (C=O) groups excluding carboxylic acids is 1. The lowest BCUT2D eigenvalue weighted by molar-refractivity contribution is 0.0361. The van der Waals surface area contributed by atoms with Gasteiger partial charge in [-0.2, -0.15) is 0 Å². The highest BCUT2D eigenvalue weighted by Crippen LogP contribution is 2.17. The Kier molecular flexibility index (Phi) is 2.64. The molecule has 0 spiro atoms. The molecule has 15 heavy (non-hydrogen) atoms. The van der Waals surface area contributed by atoms with Crippen LogP contribution < -0.4 is 0 Å². The van der Waals surface area contributed by atoms with Gasteiger partial charge in [-0.1, -0.05) is 0 Å². The second kappa shape index (κ2) is 3.94. The van der Waals surface area contributed by atoms with Crippen molar-refractivity contribution < 1.29 is 14.3 Å². The van der Waals surface area contributed by atoms with Gasteiger partial charge in [-0.25, -0.2) is 4.39 Å². The number of nitrogens with zero attached hydrogens (tertiary/aromatic N) is 2. The minimum absolute atomic E-state index is 0.0885. The normalized spacial score (nSPS) is 16.3. The van der Waals surface area contributed by atoms with E-state index in [1.54, 1.807) is 4.90 Å². The Morgan fingerprint density at radius 1 is 1.60 bits per heavy atom. The number of aliphatic hydroxyl groups is 1. The number of hydrogen-bond donors (Lipinski definition) is 1. The summed E-state index contributed by atoms with van der Waals surface area (Å²) in [7, 11) is 0. The first-order valence-corrected chi connectivity index (χ1v) is 4.71. The summed E-state index contributed by atoms with van der Waals surface area (Å²) in [6.07, 6.45) is 2.40. The van der Waals surface area contributed by atoms with Crippen LogP contribution >= 0.6 is 0 Å². The maximum atomic E-state index is 12.8. The Hall–Kier alpha value is -1.49. The summed E-state index contributed by atoms with van der Waals surface area (Å²) in [4.78, 5) is 16.9. The zero-order valence-corrected chi connectivity index (χ0v) is 8.06. The third kappa shape index (κ3) is 1.97. The van der Waals surface area contributed by atoms with E-state index in [4.69, 9.17) is 5.11 Å². The van der Waals surface area contributed by atoms with Crippen molar-refractivity contribution >= 4 is 5.91 Å². The molecule has 1 saturated heterocycles. The van der Waals surface area contributed by atoms with E-state index in [-0.39, 0.29) is 24.0 Å². The first-order chi connectivity index (χ1) is 7.20. The summed E-state index contributed by atoms with van der Waals surface area (Å²) < 4.78 is 12.8. The van der Waals surface area contributed by atoms with Gasteiger partial charge in [-0.15, -0.1) is 0 Å². The van der Waals surface area contributed by atoms with Crippen molar-refractivity contribution in [3.05, 3.63) is 29.8 Å². The van der Waals surface area contributed by atoms with E-state index in [9.17, 15) is 9.18 Å². The van der Waals surface area contributed by atoms with Crippen LogP contribution in [0.15, 0.2) is 18.5 Å². The minimum Gasteiger partial charge on any atom is -0.396 e. The maximum Gasteiger partial charge on any atom is 0.255 e. The van der Waals surface area contributed by atoms with Gasteiger partial charge in [0.1, 0.15) is 5.82 Å². The number of aliphatic hydroxyl groups excluding tert-OH is 1. The summed E-state index contributed by atoms with van der Waals surface area (Å²) in [6.45, 7) is 1.16. The van der Waals surface area contributed by atoms with Crippen LogP contribution in [0.3, 0.4) is 0 Å². The van der Waals surface area contributed by atoms with Gasteiger partial charge in [-0.05, 0) is 6.07 Å². The Labute approximate surface area is 86.4 Å². The first-order valence-electron chi connectivity index (χ1n) is 4.71.